The summed E-state index contributed by atoms with van der Waals surface area (Å²) in [5, 5.41) is 0. The van der Waals surface area contributed by atoms with E-state index in [2.05, 4.69) is 9.97 Å². The second-order valence-electron chi connectivity index (χ2n) is 5.90. The third kappa shape index (κ3) is 2.29. The summed E-state index contributed by atoms with van der Waals surface area (Å²) < 4.78 is 6.04. The Bertz CT molecular complexity index is 795. The fourth-order valence-electron chi connectivity index (χ4n) is 3.25. The second-order valence-corrected chi connectivity index (χ2v) is 5.90. The molecule has 2 atom stereocenters. The number of hydrogen-bond acceptors (Lipinski definition) is 5. The fourth-order valence-corrected chi connectivity index (χ4v) is 3.25. The predicted molar refractivity (Wildman–Crippen MR) is 85.7 cm³/mol. The molecule has 1 aromatic carbocycles. The van der Waals surface area contributed by atoms with Crippen molar-refractivity contribution in [3.8, 4) is 5.75 Å². The van der Waals surface area contributed by atoms with Crippen molar-refractivity contribution in [2.24, 2.45) is 0 Å². The molecule has 1 fully saturated rings. The van der Waals surface area contributed by atoms with Gasteiger partial charge in [-0.3, -0.25) is 14.6 Å². The molecule has 7 nitrogen and oxygen atoms in total. The molecule has 2 bridgehead atoms. The van der Waals surface area contributed by atoms with Gasteiger partial charge in [0.2, 0.25) is 5.91 Å². The Morgan fingerprint density at radius 3 is 2.92 bits per heavy atom. The number of carbonyl (C=O) groups excluding carboxylic acids is 2. The molecule has 2 amide bonds. The van der Waals surface area contributed by atoms with Gasteiger partial charge in [-0.25, -0.2) is 4.98 Å². The van der Waals surface area contributed by atoms with Crippen LogP contribution in [-0.2, 0) is 4.79 Å². The maximum absolute atomic E-state index is 12.9. The number of ether oxygens (including phenoxy) is 1. The first-order valence-electron chi connectivity index (χ1n) is 7.75. The van der Waals surface area contributed by atoms with Gasteiger partial charge < -0.3 is 14.5 Å². The van der Waals surface area contributed by atoms with Crippen LogP contribution in [0.5, 0.6) is 5.75 Å². The smallest absolute Gasteiger partial charge is 0.274 e. The van der Waals surface area contributed by atoms with Crippen molar-refractivity contribution in [2.75, 3.05) is 18.5 Å². The van der Waals surface area contributed by atoms with Crippen LogP contribution >= 0.6 is 0 Å². The van der Waals surface area contributed by atoms with E-state index < -0.39 is 6.04 Å². The lowest BCUT2D eigenvalue weighted by Gasteiger charge is -2.28. The zero-order valence-corrected chi connectivity index (χ0v) is 13.1. The van der Waals surface area contributed by atoms with E-state index in [1.54, 1.807) is 16.8 Å². The van der Waals surface area contributed by atoms with Crippen molar-refractivity contribution in [3.05, 3.63) is 48.5 Å². The largest absolute Gasteiger partial charge is 0.486 e. The molecule has 0 unspecified atom stereocenters. The van der Waals surface area contributed by atoms with E-state index in [9.17, 15) is 9.59 Å². The lowest BCUT2D eigenvalue weighted by molar-refractivity contribution is -0.122. The number of likely N-dealkylation sites (tertiary alicyclic amines) is 1. The van der Waals surface area contributed by atoms with E-state index in [-0.39, 0.29) is 23.6 Å². The lowest BCUT2D eigenvalue weighted by atomic mass is 10.1. The van der Waals surface area contributed by atoms with Gasteiger partial charge in [-0.1, -0.05) is 12.1 Å². The Kier molecular flexibility index (Phi) is 3.41. The Hall–Kier alpha value is -2.96. The Morgan fingerprint density at radius 1 is 1.29 bits per heavy atom. The summed E-state index contributed by atoms with van der Waals surface area (Å²) in [6.45, 7) is 0.355. The zero-order chi connectivity index (χ0) is 16.7. The summed E-state index contributed by atoms with van der Waals surface area (Å²) in [7, 11) is 1.70. The third-order valence-electron chi connectivity index (χ3n) is 4.44. The van der Waals surface area contributed by atoms with Gasteiger partial charge in [0.25, 0.3) is 5.91 Å². The number of nitrogens with zero attached hydrogens (tertiary/aromatic N) is 4. The quantitative estimate of drug-likeness (QED) is 0.785. The van der Waals surface area contributed by atoms with Gasteiger partial charge >= 0.3 is 0 Å². The van der Waals surface area contributed by atoms with Crippen LogP contribution < -0.4 is 9.64 Å². The molecule has 24 heavy (non-hydrogen) atoms. The number of amides is 2. The molecule has 0 aliphatic carbocycles. The summed E-state index contributed by atoms with van der Waals surface area (Å²) in [6, 6.07) is 6.85. The van der Waals surface area contributed by atoms with E-state index in [1.165, 1.54) is 18.6 Å². The van der Waals surface area contributed by atoms with Crippen molar-refractivity contribution < 1.29 is 14.3 Å². The van der Waals surface area contributed by atoms with Crippen molar-refractivity contribution in [1.29, 1.82) is 0 Å². The van der Waals surface area contributed by atoms with Crippen LogP contribution in [0.15, 0.2) is 42.9 Å². The zero-order valence-electron chi connectivity index (χ0n) is 13.1. The number of hydrogen-bond donors (Lipinski definition) is 0. The summed E-state index contributed by atoms with van der Waals surface area (Å²) >= 11 is 0. The fraction of sp³-hybridized carbons (Fsp3) is 0.294. The summed E-state index contributed by atoms with van der Waals surface area (Å²) in [6.07, 6.45) is 4.65. The van der Waals surface area contributed by atoms with E-state index in [1.807, 2.05) is 24.3 Å². The summed E-state index contributed by atoms with van der Waals surface area (Å²) in [5.74, 6) is 0.239. The Morgan fingerprint density at radius 2 is 2.12 bits per heavy atom. The predicted octanol–water partition coefficient (Wildman–Crippen LogP) is 1.12. The highest BCUT2D eigenvalue weighted by molar-refractivity contribution is 6.02. The molecule has 2 aromatic rings. The van der Waals surface area contributed by atoms with Gasteiger partial charge in [0.15, 0.2) is 0 Å². The highest BCUT2D eigenvalue weighted by Crippen LogP contribution is 2.35. The molecular formula is C17H16N4O3. The van der Waals surface area contributed by atoms with Gasteiger partial charge in [0.1, 0.15) is 23.6 Å². The van der Waals surface area contributed by atoms with Crippen LogP contribution in [0.1, 0.15) is 16.9 Å². The van der Waals surface area contributed by atoms with Crippen LogP contribution in [0.25, 0.3) is 0 Å². The third-order valence-corrected chi connectivity index (χ3v) is 4.44. The van der Waals surface area contributed by atoms with Crippen LogP contribution in [0, 0.1) is 0 Å². The Balaban J connectivity index is 1.69. The van der Waals surface area contributed by atoms with Gasteiger partial charge in [0.05, 0.1) is 18.4 Å². The Labute approximate surface area is 138 Å². The maximum atomic E-state index is 12.9. The molecule has 1 saturated heterocycles. The average molecular weight is 324 g/mol. The van der Waals surface area contributed by atoms with Gasteiger partial charge in [-0.2, -0.15) is 0 Å². The molecule has 2 aliphatic rings. The molecule has 0 saturated carbocycles. The molecule has 0 N–H and O–H groups in total. The van der Waals surface area contributed by atoms with Crippen LogP contribution in [-0.4, -0.2) is 52.4 Å². The van der Waals surface area contributed by atoms with Gasteiger partial charge in [-0.05, 0) is 12.1 Å². The highest BCUT2D eigenvalue weighted by Gasteiger charge is 2.44. The first-order chi connectivity index (χ1) is 11.6. The van der Waals surface area contributed by atoms with Crippen LogP contribution in [0.2, 0.25) is 0 Å². The molecule has 122 valence electrons. The monoisotopic (exact) mass is 324 g/mol. The van der Waals surface area contributed by atoms with Crippen molar-refractivity contribution in [3.63, 3.8) is 0 Å². The topological polar surface area (TPSA) is 75.6 Å². The number of likely N-dealkylation sites (N-methyl/N-ethyl adjacent to an activating group) is 1. The number of benzene rings is 1. The SMILES string of the molecule is CN1C(=O)[C@@H]2C[C@@H](CN2C(=O)c2cnccn2)Oc2ccccc21. The number of aromatic nitrogens is 2. The minimum absolute atomic E-state index is 0.120. The van der Waals surface area contributed by atoms with Crippen molar-refractivity contribution >= 4 is 17.5 Å². The first kappa shape index (κ1) is 14.6. The highest BCUT2D eigenvalue weighted by atomic mass is 16.5. The standard InChI is InChI=1S/C17H16N4O3/c1-20-13-4-2-3-5-15(13)24-11-8-14(17(20)23)21(10-11)16(22)12-9-18-6-7-19-12/h2-7,9,11,14H,8,10H2,1H3/t11-,14-/m0/s1. The van der Waals surface area contributed by atoms with Gasteiger partial charge in [0, 0.05) is 25.9 Å². The van der Waals surface area contributed by atoms with Crippen molar-refractivity contribution in [1.82, 2.24) is 14.9 Å². The second kappa shape index (κ2) is 5.59. The molecule has 1 aromatic heterocycles. The minimum Gasteiger partial charge on any atom is -0.486 e. The summed E-state index contributed by atoms with van der Waals surface area (Å²) in [5.41, 5.74) is 0.946. The molecule has 0 radical (unpaired) electrons. The molecule has 4 rings (SSSR count). The van der Waals surface area contributed by atoms with E-state index in [0.717, 1.165) is 0 Å². The van der Waals surface area contributed by atoms with Crippen LogP contribution in [0.3, 0.4) is 0 Å². The van der Waals surface area contributed by atoms with E-state index in [4.69, 9.17) is 4.74 Å². The molecular weight excluding hydrogens is 308 g/mol. The van der Waals surface area contributed by atoms with E-state index in [0.29, 0.717) is 24.4 Å². The van der Waals surface area contributed by atoms with E-state index >= 15 is 0 Å². The maximum Gasteiger partial charge on any atom is 0.274 e. The average Bonchev–Trinajstić information content (AvgIpc) is 3.05. The van der Waals surface area contributed by atoms with Crippen molar-refractivity contribution in [2.45, 2.75) is 18.6 Å². The summed E-state index contributed by atoms with van der Waals surface area (Å²) in [4.78, 5) is 36.7. The molecule has 7 heteroatoms. The first-order valence-corrected chi connectivity index (χ1v) is 7.75. The lowest BCUT2D eigenvalue weighted by Crippen LogP contribution is -2.47. The number of rotatable bonds is 1. The number of fused-ring (bicyclic) bond motifs is 3. The number of para-hydroxylation sites is 2. The number of carbonyl (C=O) groups is 2. The normalized spacial score (nSPS) is 22.5. The van der Waals surface area contributed by atoms with Gasteiger partial charge in [-0.15, -0.1) is 0 Å². The molecule has 0 spiro atoms. The van der Waals surface area contributed by atoms with Crippen LogP contribution in [0.4, 0.5) is 5.69 Å². The number of anilines is 1. The minimum atomic E-state index is -0.553. The molecule has 2 aliphatic heterocycles. The molecule has 3 heterocycles.